The molecule has 0 fully saturated rings. The predicted octanol–water partition coefficient (Wildman–Crippen LogP) is 5.58. The summed E-state index contributed by atoms with van der Waals surface area (Å²) < 4.78 is 15.0. The number of thioether (sulfide) groups is 1. The van der Waals surface area contributed by atoms with Gasteiger partial charge in [-0.15, -0.1) is 10.2 Å². The van der Waals surface area contributed by atoms with E-state index in [-0.39, 0.29) is 24.0 Å². The second kappa shape index (κ2) is 12.8. The number of benzene rings is 2. The zero-order valence-corrected chi connectivity index (χ0v) is 19.9. The number of amides is 1. The van der Waals surface area contributed by atoms with Crippen molar-refractivity contribution in [2.45, 2.75) is 62.9 Å². The molecule has 10 heteroatoms. The van der Waals surface area contributed by atoms with E-state index in [1.165, 1.54) is 42.4 Å². The van der Waals surface area contributed by atoms with Gasteiger partial charge in [-0.05, 0) is 36.2 Å². The molecule has 0 unspecified atom stereocenters. The van der Waals surface area contributed by atoms with Gasteiger partial charge in [-0.25, -0.2) is 4.39 Å². The number of nitro benzene ring substituents is 1. The van der Waals surface area contributed by atoms with Gasteiger partial charge >= 0.3 is 0 Å². The molecule has 3 rings (SSSR count). The van der Waals surface area contributed by atoms with Crippen LogP contribution in [0.3, 0.4) is 0 Å². The van der Waals surface area contributed by atoms with Crippen molar-refractivity contribution in [1.82, 2.24) is 20.1 Å². The van der Waals surface area contributed by atoms with E-state index < -0.39 is 4.92 Å². The van der Waals surface area contributed by atoms with Crippen LogP contribution in [0.5, 0.6) is 0 Å². The molecule has 3 aromatic rings. The van der Waals surface area contributed by atoms with Gasteiger partial charge < -0.3 is 5.32 Å². The molecule has 1 N–H and O–H groups in total. The molecule has 34 heavy (non-hydrogen) atoms. The molecule has 0 radical (unpaired) electrons. The average molecular weight is 486 g/mol. The number of carbonyl (C=O) groups excluding carboxylic acids is 1. The predicted molar refractivity (Wildman–Crippen MR) is 129 cm³/mol. The number of hydrogen-bond acceptors (Lipinski definition) is 6. The van der Waals surface area contributed by atoms with Gasteiger partial charge in [0.1, 0.15) is 5.82 Å². The zero-order valence-electron chi connectivity index (χ0n) is 19.1. The Balaban J connectivity index is 1.72. The SMILES string of the molecule is CCCCCCCC(=O)NCc1nnc(SCc2ccc(F)cc2)n1-c1ccc([N+](=O)[O-])cc1. The van der Waals surface area contributed by atoms with E-state index in [1.807, 2.05) is 0 Å². The summed E-state index contributed by atoms with van der Waals surface area (Å²) >= 11 is 1.41. The smallest absolute Gasteiger partial charge is 0.269 e. The molecule has 0 bridgehead atoms. The molecular formula is C24H28FN5O3S. The molecule has 0 spiro atoms. The second-order valence-corrected chi connectivity index (χ2v) is 8.81. The van der Waals surface area contributed by atoms with Gasteiger partial charge in [-0.3, -0.25) is 19.5 Å². The fourth-order valence-electron chi connectivity index (χ4n) is 3.37. The summed E-state index contributed by atoms with van der Waals surface area (Å²) in [6, 6.07) is 12.3. The molecule has 0 aliphatic rings. The fraction of sp³-hybridized carbons (Fsp3) is 0.375. The molecule has 0 aliphatic carbocycles. The molecule has 1 amide bonds. The average Bonchev–Trinajstić information content (AvgIpc) is 3.25. The van der Waals surface area contributed by atoms with E-state index >= 15 is 0 Å². The quantitative estimate of drug-likeness (QED) is 0.147. The van der Waals surface area contributed by atoms with Gasteiger partial charge in [0.2, 0.25) is 5.91 Å². The maximum atomic E-state index is 13.2. The van der Waals surface area contributed by atoms with Crippen LogP contribution < -0.4 is 5.32 Å². The number of carbonyl (C=O) groups is 1. The highest BCUT2D eigenvalue weighted by Crippen LogP contribution is 2.26. The highest BCUT2D eigenvalue weighted by molar-refractivity contribution is 7.98. The van der Waals surface area contributed by atoms with E-state index in [1.54, 1.807) is 28.8 Å². The van der Waals surface area contributed by atoms with Crippen LogP contribution in [0.15, 0.2) is 53.7 Å². The fourth-order valence-corrected chi connectivity index (χ4v) is 4.30. The number of hydrogen-bond donors (Lipinski definition) is 1. The van der Waals surface area contributed by atoms with Crippen molar-refractivity contribution in [3.8, 4) is 5.69 Å². The number of unbranched alkanes of at least 4 members (excludes halogenated alkanes) is 4. The first-order chi connectivity index (χ1) is 16.5. The number of nitrogens with zero attached hydrogens (tertiary/aromatic N) is 4. The summed E-state index contributed by atoms with van der Waals surface area (Å²) in [6.07, 6.45) is 5.81. The minimum Gasteiger partial charge on any atom is -0.349 e. The molecular weight excluding hydrogens is 457 g/mol. The van der Waals surface area contributed by atoms with Crippen molar-refractivity contribution in [1.29, 1.82) is 0 Å². The van der Waals surface area contributed by atoms with Crippen LogP contribution in [-0.4, -0.2) is 25.6 Å². The lowest BCUT2D eigenvalue weighted by Crippen LogP contribution is -2.24. The van der Waals surface area contributed by atoms with E-state index in [0.29, 0.717) is 28.8 Å². The van der Waals surface area contributed by atoms with Gasteiger partial charge in [-0.2, -0.15) is 0 Å². The first-order valence-electron chi connectivity index (χ1n) is 11.3. The van der Waals surface area contributed by atoms with Crippen LogP contribution in [0.2, 0.25) is 0 Å². The second-order valence-electron chi connectivity index (χ2n) is 7.86. The third-order valence-electron chi connectivity index (χ3n) is 5.25. The number of halogens is 1. The van der Waals surface area contributed by atoms with E-state index in [0.717, 1.165) is 31.2 Å². The third-order valence-corrected chi connectivity index (χ3v) is 6.25. The molecule has 1 heterocycles. The molecule has 2 aromatic carbocycles. The van der Waals surface area contributed by atoms with Crippen LogP contribution in [0.4, 0.5) is 10.1 Å². The first-order valence-corrected chi connectivity index (χ1v) is 12.3. The monoisotopic (exact) mass is 485 g/mol. The van der Waals surface area contributed by atoms with Crippen LogP contribution in [0, 0.1) is 15.9 Å². The van der Waals surface area contributed by atoms with Crippen molar-refractivity contribution in [2.75, 3.05) is 0 Å². The Morgan fingerprint density at radius 2 is 1.76 bits per heavy atom. The summed E-state index contributed by atoms with van der Waals surface area (Å²) in [6.45, 7) is 2.34. The molecule has 0 saturated carbocycles. The molecule has 0 aliphatic heterocycles. The normalized spacial score (nSPS) is 10.9. The van der Waals surface area contributed by atoms with Crippen LogP contribution >= 0.6 is 11.8 Å². The topological polar surface area (TPSA) is 103 Å². The molecule has 1 aromatic heterocycles. The van der Waals surface area contributed by atoms with Crippen LogP contribution in [-0.2, 0) is 17.1 Å². The summed E-state index contributed by atoms with van der Waals surface area (Å²) in [4.78, 5) is 22.9. The maximum absolute atomic E-state index is 13.2. The maximum Gasteiger partial charge on any atom is 0.269 e. The summed E-state index contributed by atoms with van der Waals surface area (Å²) in [5.74, 6) is 0.714. The molecule has 180 valence electrons. The lowest BCUT2D eigenvalue weighted by atomic mass is 10.1. The Kier molecular flexibility index (Phi) is 9.57. The van der Waals surface area contributed by atoms with E-state index in [4.69, 9.17) is 0 Å². The van der Waals surface area contributed by atoms with Crippen LogP contribution in [0.25, 0.3) is 5.69 Å². The molecule has 8 nitrogen and oxygen atoms in total. The summed E-state index contributed by atoms with van der Waals surface area (Å²) in [5, 5.41) is 23.0. The Labute approximate surface area is 202 Å². The lowest BCUT2D eigenvalue weighted by molar-refractivity contribution is -0.384. The van der Waals surface area contributed by atoms with Crippen LogP contribution in [0.1, 0.15) is 56.8 Å². The van der Waals surface area contributed by atoms with Gasteiger partial charge in [0.25, 0.3) is 5.69 Å². The third kappa shape index (κ3) is 7.38. The van der Waals surface area contributed by atoms with Gasteiger partial charge in [0.15, 0.2) is 11.0 Å². The lowest BCUT2D eigenvalue weighted by Gasteiger charge is -2.11. The Hall–Kier alpha value is -3.27. The number of nitrogens with one attached hydrogen (secondary N) is 1. The Bertz CT molecular complexity index is 1090. The van der Waals surface area contributed by atoms with E-state index in [2.05, 4.69) is 22.4 Å². The van der Waals surface area contributed by atoms with Crippen molar-refractivity contribution in [2.24, 2.45) is 0 Å². The van der Waals surface area contributed by atoms with Crippen molar-refractivity contribution >= 4 is 23.4 Å². The van der Waals surface area contributed by atoms with Crippen molar-refractivity contribution < 1.29 is 14.1 Å². The van der Waals surface area contributed by atoms with E-state index in [9.17, 15) is 19.3 Å². The Morgan fingerprint density at radius 3 is 2.44 bits per heavy atom. The largest absolute Gasteiger partial charge is 0.349 e. The number of aromatic nitrogens is 3. The van der Waals surface area contributed by atoms with Gasteiger partial charge in [0.05, 0.1) is 11.5 Å². The first kappa shape index (κ1) is 25.4. The minimum atomic E-state index is -0.457. The minimum absolute atomic E-state index is 0.0183. The Morgan fingerprint density at radius 1 is 1.06 bits per heavy atom. The highest BCUT2D eigenvalue weighted by atomic mass is 32.2. The number of non-ortho nitro benzene ring substituents is 1. The number of rotatable bonds is 13. The number of nitro groups is 1. The summed E-state index contributed by atoms with van der Waals surface area (Å²) in [7, 11) is 0. The van der Waals surface area contributed by atoms with Gasteiger partial charge in [0, 0.05) is 30.0 Å². The zero-order chi connectivity index (χ0) is 24.3. The van der Waals surface area contributed by atoms with Gasteiger partial charge in [-0.1, -0.05) is 56.5 Å². The van der Waals surface area contributed by atoms with Crippen molar-refractivity contribution in [3.63, 3.8) is 0 Å². The summed E-state index contributed by atoms with van der Waals surface area (Å²) in [5.41, 5.74) is 1.55. The highest BCUT2D eigenvalue weighted by Gasteiger charge is 2.17. The standard InChI is InChI=1S/C24H28FN5O3S/c1-2-3-4-5-6-7-23(31)26-16-22-27-28-24(34-17-18-8-10-19(25)11-9-18)29(22)20-12-14-21(15-13-20)30(32)33/h8-15H,2-7,16-17H2,1H3,(H,26,31). The molecule has 0 saturated heterocycles. The molecule has 0 atom stereocenters. The van der Waals surface area contributed by atoms with Crippen molar-refractivity contribution in [3.05, 3.63) is 75.9 Å².